The lowest BCUT2D eigenvalue weighted by Gasteiger charge is -2.14. The molecule has 0 aromatic heterocycles. The lowest BCUT2D eigenvalue weighted by molar-refractivity contribution is -0.128. The Hall–Kier alpha value is -1.55. The average Bonchev–Trinajstić information content (AvgIpc) is 2.38. The highest BCUT2D eigenvalue weighted by atomic mass is 16.5. The number of carbonyl (C=O) groups is 1. The maximum absolute atomic E-state index is 11.6. The first-order chi connectivity index (χ1) is 8.67. The van der Waals surface area contributed by atoms with E-state index >= 15 is 0 Å². The first kappa shape index (κ1) is 14.5. The van der Waals surface area contributed by atoms with Gasteiger partial charge < -0.3 is 15.0 Å². The number of nitrogens with one attached hydrogen (secondary N) is 1. The van der Waals surface area contributed by atoms with E-state index in [0.717, 1.165) is 17.9 Å². The van der Waals surface area contributed by atoms with Crippen LogP contribution < -0.4 is 10.1 Å². The summed E-state index contributed by atoms with van der Waals surface area (Å²) >= 11 is 0. The average molecular weight is 250 g/mol. The van der Waals surface area contributed by atoms with Crippen molar-refractivity contribution in [2.45, 2.75) is 20.4 Å². The van der Waals surface area contributed by atoms with Crippen LogP contribution in [-0.2, 0) is 11.3 Å². The number of ether oxygens (including phenoxy) is 1. The number of likely N-dealkylation sites (N-methyl/N-ethyl adjacent to an activating group) is 1. The summed E-state index contributed by atoms with van der Waals surface area (Å²) in [6.45, 7) is 6.36. The molecule has 1 aromatic carbocycles. The summed E-state index contributed by atoms with van der Waals surface area (Å²) in [4.78, 5) is 13.3. The fourth-order valence-electron chi connectivity index (χ4n) is 1.54. The molecule has 0 saturated heterocycles. The predicted octanol–water partition coefficient (Wildman–Crippen LogP) is 1.65. The van der Waals surface area contributed by atoms with E-state index in [9.17, 15) is 4.79 Å². The van der Waals surface area contributed by atoms with Crippen LogP contribution in [-0.4, -0.2) is 37.6 Å². The van der Waals surface area contributed by atoms with Gasteiger partial charge in [0, 0.05) is 20.1 Å². The molecular formula is C14H22N2O2. The van der Waals surface area contributed by atoms with Gasteiger partial charge in [0.05, 0.1) is 13.2 Å². The van der Waals surface area contributed by atoms with Crippen molar-refractivity contribution in [3.63, 3.8) is 0 Å². The molecule has 18 heavy (non-hydrogen) atoms. The molecule has 0 unspecified atom stereocenters. The minimum absolute atomic E-state index is 0.110. The van der Waals surface area contributed by atoms with Gasteiger partial charge in [0.15, 0.2) is 0 Å². The molecule has 0 bridgehead atoms. The molecule has 0 spiro atoms. The highest BCUT2D eigenvalue weighted by molar-refractivity contribution is 5.77. The van der Waals surface area contributed by atoms with E-state index in [-0.39, 0.29) is 5.91 Å². The smallest absolute Gasteiger partial charge is 0.236 e. The Morgan fingerprint density at radius 3 is 2.83 bits per heavy atom. The van der Waals surface area contributed by atoms with Crippen LogP contribution in [0.1, 0.15) is 19.4 Å². The molecule has 0 fully saturated rings. The Balaban J connectivity index is 2.39. The minimum atomic E-state index is 0.110. The highest BCUT2D eigenvalue weighted by Gasteiger charge is 2.05. The van der Waals surface area contributed by atoms with Crippen LogP contribution in [0.4, 0.5) is 0 Å². The molecule has 0 aliphatic carbocycles. The second kappa shape index (κ2) is 7.71. The van der Waals surface area contributed by atoms with Crippen molar-refractivity contribution in [1.82, 2.24) is 10.2 Å². The van der Waals surface area contributed by atoms with Gasteiger partial charge in [0.1, 0.15) is 5.75 Å². The largest absolute Gasteiger partial charge is 0.494 e. The summed E-state index contributed by atoms with van der Waals surface area (Å²) in [5, 5.41) is 3.14. The molecule has 1 aromatic rings. The van der Waals surface area contributed by atoms with Gasteiger partial charge in [0.2, 0.25) is 5.91 Å². The molecule has 0 aliphatic heterocycles. The summed E-state index contributed by atoms with van der Waals surface area (Å²) in [6.07, 6.45) is 0. The molecule has 0 saturated carbocycles. The maximum atomic E-state index is 11.6. The molecule has 0 atom stereocenters. The van der Waals surface area contributed by atoms with E-state index in [0.29, 0.717) is 19.7 Å². The van der Waals surface area contributed by atoms with Gasteiger partial charge in [0.25, 0.3) is 0 Å². The fourth-order valence-corrected chi connectivity index (χ4v) is 1.54. The van der Waals surface area contributed by atoms with Crippen molar-refractivity contribution in [2.24, 2.45) is 0 Å². The molecule has 0 heterocycles. The molecule has 0 radical (unpaired) electrons. The monoisotopic (exact) mass is 250 g/mol. The third-order valence-corrected chi connectivity index (χ3v) is 2.71. The summed E-state index contributed by atoms with van der Waals surface area (Å²) in [7, 11) is 1.81. The van der Waals surface area contributed by atoms with Crippen molar-refractivity contribution in [3.8, 4) is 5.75 Å². The van der Waals surface area contributed by atoms with Crippen molar-refractivity contribution in [3.05, 3.63) is 29.8 Å². The molecule has 4 nitrogen and oxygen atoms in total. The van der Waals surface area contributed by atoms with Crippen molar-refractivity contribution in [2.75, 3.05) is 26.7 Å². The van der Waals surface area contributed by atoms with Crippen LogP contribution in [0.25, 0.3) is 0 Å². The van der Waals surface area contributed by atoms with Gasteiger partial charge in [-0.25, -0.2) is 0 Å². The van der Waals surface area contributed by atoms with Gasteiger partial charge in [-0.2, -0.15) is 0 Å². The van der Waals surface area contributed by atoms with Gasteiger partial charge >= 0.3 is 0 Å². The van der Waals surface area contributed by atoms with Crippen molar-refractivity contribution < 1.29 is 9.53 Å². The van der Waals surface area contributed by atoms with E-state index in [4.69, 9.17) is 4.74 Å². The van der Waals surface area contributed by atoms with Crippen LogP contribution in [0.15, 0.2) is 24.3 Å². The standard InChI is InChI=1S/C14H22N2O2/c1-4-16(3)14(17)11-15-10-12-7-6-8-13(9-12)18-5-2/h6-9,15H,4-5,10-11H2,1-3H3. The van der Waals surface area contributed by atoms with E-state index < -0.39 is 0 Å². The van der Waals surface area contributed by atoms with Crippen molar-refractivity contribution >= 4 is 5.91 Å². The topological polar surface area (TPSA) is 41.6 Å². The van der Waals surface area contributed by atoms with E-state index in [1.807, 2.05) is 38.1 Å². The Morgan fingerprint density at radius 2 is 2.17 bits per heavy atom. The van der Waals surface area contributed by atoms with Crippen LogP contribution in [0.3, 0.4) is 0 Å². The Morgan fingerprint density at radius 1 is 1.39 bits per heavy atom. The fraction of sp³-hybridized carbons (Fsp3) is 0.500. The molecule has 1 rings (SSSR count). The third-order valence-electron chi connectivity index (χ3n) is 2.71. The first-order valence-electron chi connectivity index (χ1n) is 6.33. The highest BCUT2D eigenvalue weighted by Crippen LogP contribution is 2.12. The zero-order valence-corrected chi connectivity index (χ0v) is 11.4. The zero-order valence-electron chi connectivity index (χ0n) is 11.4. The van der Waals surface area contributed by atoms with E-state index in [2.05, 4.69) is 5.32 Å². The third kappa shape index (κ3) is 4.75. The summed E-state index contributed by atoms with van der Waals surface area (Å²) in [6, 6.07) is 7.90. The number of carbonyl (C=O) groups excluding carboxylic acids is 1. The summed E-state index contributed by atoms with van der Waals surface area (Å²) in [5.41, 5.74) is 1.12. The van der Waals surface area contributed by atoms with E-state index in [1.165, 1.54) is 0 Å². The lowest BCUT2D eigenvalue weighted by Crippen LogP contribution is -2.35. The number of hydrogen-bond acceptors (Lipinski definition) is 3. The second-order valence-electron chi connectivity index (χ2n) is 4.09. The number of hydrogen-bond donors (Lipinski definition) is 1. The molecule has 1 N–H and O–H groups in total. The van der Waals surface area contributed by atoms with Crippen LogP contribution >= 0.6 is 0 Å². The van der Waals surface area contributed by atoms with Crippen molar-refractivity contribution in [1.29, 1.82) is 0 Å². The Bertz CT molecular complexity index is 380. The molecular weight excluding hydrogens is 228 g/mol. The lowest BCUT2D eigenvalue weighted by atomic mass is 10.2. The number of benzene rings is 1. The minimum Gasteiger partial charge on any atom is -0.494 e. The molecule has 0 aliphatic rings. The zero-order chi connectivity index (χ0) is 13.4. The van der Waals surface area contributed by atoms with Crippen LogP contribution in [0.5, 0.6) is 5.75 Å². The van der Waals surface area contributed by atoms with Gasteiger partial charge in [-0.3, -0.25) is 4.79 Å². The molecule has 100 valence electrons. The number of nitrogens with zero attached hydrogens (tertiary/aromatic N) is 1. The summed E-state index contributed by atoms with van der Waals surface area (Å²) in [5.74, 6) is 0.979. The number of rotatable bonds is 7. The predicted molar refractivity (Wildman–Crippen MR) is 72.6 cm³/mol. The number of amides is 1. The van der Waals surface area contributed by atoms with Crippen LogP contribution in [0, 0.1) is 0 Å². The molecule has 1 amide bonds. The molecule has 4 heteroatoms. The van der Waals surface area contributed by atoms with E-state index in [1.54, 1.807) is 11.9 Å². The first-order valence-corrected chi connectivity index (χ1v) is 6.33. The normalized spacial score (nSPS) is 10.2. The van der Waals surface area contributed by atoms with Gasteiger partial charge in [-0.05, 0) is 31.5 Å². The quantitative estimate of drug-likeness (QED) is 0.800. The summed E-state index contributed by atoms with van der Waals surface area (Å²) < 4.78 is 5.43. The SMILES string of the molecule is CCOc1cccc(CNCC(=O)N(C)CC)c1. The van der Waals surface area contributed by atoms with Crippen LogP contribution in [0.2, 0.25) is 0 Å². The maximum Gasteiger partial charge on any atom is 0.236 e. The van der Waals surface area contributed by atoms with Gasteiger partial charge in [-0.15, -0.1) is 0 Å². The van der Waals surface area contributed by atoms with Gasteiger partial charge in [-0.1, -0.05) is 12.1 Å². The second-order valence-corrected chi connectivity index (χ2v) is 4.09. The Labute approximate surface area is 109 Å². The Kier molecular flexibility index (Phi) is 6.22.